The fourth-order valence-corrected chi connectivity index (χ4v) is 3.08. The lowest BCUT2D eigenvalue weighted by atomic mass is 10.2. The Morgan fingerprint density at radius 3 is 2.61 bits per heavy atom. The first-order valence-corrected chi connectivity index (χ1v) is 7.15. The number of hydrogen-bond acceptors (Lipinski definition) is 4. The Kier molecular flexibility index (Phi) is 5.33. The normalized spacial score (nSPS) is 11.7. The molecule has 0 heterocycles. The minimum Gasteiger partial charge on any atom is -0.398 e. The molecule has 5 nitrogen and oxygen atoms in total. The van der Waals surface area contributed by atoms with Gasteiger partial charge in [-0.15, -0.1) is 6.58 Å². The van der Waals surface area contributed by atoms with E-state index >= 15 is 0 Å². The lowest BCUT2D eigenvalue weighted by Crippen LogP contribution is -2.34. The number of nitrogens with zero attached hydrogens (tertiary/aromatic N) is 1. The van der Waals surface area contributed by atoms with Crippen LogP contribution in [0.2, 0.25) is 0 Å². The zero-order valence-electron chi connectivity index (χ0n) is 10.1. The predicted molar refractivity (Wildman–Crippen MR) is 72.3 cm³/mol. The molecule has 0 aliphatic rings. The smallest absolute Gasteiger partial charge is 0.218 e. The summed E-state index contributed by atoms with van der Waals surface area (Å²) >= 11 is 0. The van der Waals surface area contributed by atoms with Crippen LogP contribution in [0.15, 0.2) is 36.9 Å². The van der Waals surface area contributed by atoms with E-state index in [1.165, 1.54) is 10.4 Å². The van der Waals surface area contributed by atoms with Gasteiger partial charge in [0.15, 0.2) is 0 Å². The van der Waals surface area contributed by atoms with Crippen LogP contribution in [0.4, 0.5) is 5.69 Å². The molecule has 1 aromatic carbocycles. The Hall–Kier alpha value is -1.37. The zero-order chi connectivity index (χ0) is 13.6. The molecular formula is C12H18N2O3S. The first-order valence-electron chi connectivity index (χ1n) is 5.54. The third-order valence-corrected chi connectivity index (χ3v) is 4.26. The molecule has 18 heavy (non-hydrogen) atoms. The Bertz CT molecular complexity index is 500. The summed E-state index contributed by atoms with van der Waals surface area (Å²) in [6.45, 7) is 3.52. The Balaban J connectivity index is 2.92. The van der Waals surface area contributed by atoms with Gasteiger partial charge in [-0.2, -0.15) is 4.31 Å². The average Bonchev–Trinajstić information content (AvgIpc) is 2.32. The second-order valence-corrected chi connectivity index (χ2v) is 5.79. The Labute approximate surface area is 108 Å². The summed E-state index contributed by atoms with van der Waals surface area (Å²) in [6, 6.07) is 6.83. The van der Waals surface area contributed by atoms with Gasteiger partial charge in [0.05, 0.1) is 12.4 Å². The van der Waals surface area contributed by atoms with Gasteiger partial charge in [-0.3, -0.25) is 0 Å². The molecule has 100 valence electrons. The highest BCUT2D eigenvalue weighted by Crippen LogP contribution is 2.16. The van der Waals surface area contributed by atoms with Gasteiger partial charge in [-0.05, 0) is 11.6 Å². The maximum Gasteiger partial charge on any atom is 0.218 e. The minimum atomic E-state index is -3.50. The number of aliphatic hydroxyl groups is 1. The predicted octanol–water partition coefficient (Wildman–Crippen LogP) is 0.579. The van der Waals surface area contributed by atoms with Crippen molar-refractivity contribution >= 4 is 15.7 Å². The van der Waals surface area contributed by atoms with Crippen molar-refractivity contribution in [2.75, 3.05) is 25.4 Å². The van der Waals surface area contributed by atoms with Crippen molar-refractivity contribution < 1.29 is 13.5 Å². The number of para-hydroxylation sites is 1. The summed E-state index contributed by atoms with van der Waals surface area (Å²) < 4.78 is 25.5. The molecule has 0 atom stereocenters. The second-order valence-electron chi connectivity index (χ2n) is 3.83. The Morgan fingerprint density at radius 1 is 1.39 bits per heavy atom. The molecule has 0 aliphatic carbocycles. The van der Waals surface area contributed by atoms with Gasteiger partial charge < -0.3 is 10.8 Å². The highest BCUT2D eigenvalue weighted by atomic mass is 32.2. The molecule has 1 aromatic rings. The van der Waals surface area contributed by atoms with Crippen LogP contribution >= 0.6 is 0 Å². The van der Waals surface area contributed by atoms with Crippen LogP contribution in [0.1, 0.15) is 5.56 Å². The molecule has 0 aliphatic heterocycles. The summed E-state index contributed by atoms with van der Waals surface area (Å²) in [4.78, 5) is 0. The van der Waals surface area contributed by atoms with E-state index in [4.69, 9.17) is 10.8 Å². The van der Waals surface area contributed by atoms with E-state index in [-0.39, 0.29) is 25.4 Å². The molecule has 0 unspecified atom stereocenters. The molecule has 0 aromatic heterocycles. The van der Waals surface area contributed by atoms with Gasteiger partial charge in [-0.1, -0.05) is 24.3 Å². The van der Waals surface area contributed by atoms with Crippen molar-refractivity contribution in [3.63, 3.8) is 0 Å². The highest BCUT2D eigenvalue weighted by Gasteiger charge is 2.21. The van der Waals surface area contributed by atoms with Gasteiger partial charge in [0.2, 0.25) is 10.0 Å². The summed E-state index contributed by atoms with van der Waals surface area (Å²) in [6.07, 6.45) is 1.49. The van der Waals surface area contributed by atoms with Crippen LogP contribution in [-0.2, 0) is 15.8 Å². The highest BCUT2D eigenvalue weighted by molar-refractivity contribution is 7.88. The fraction of sp³-hybridized carbons (Fsp3) is 0.333. The maximum atomic E-state index is 12.1. The number of aliphatic hydroxyl groups excluding tert-OH is 1. The number of nitrogen functional groups attached to an aromatic ring is 1. The number of anilines is 1. The lowest BCUT2D eigenvalue weighted by molar-refractivity contribution is 0.260. The second kappa shape index (κ2) is 6.53. The molecule has 0 radical (unpaired) electrons. The third kappa shape index (κ3) is 3.83. The quantitative estimate of drug-likeness (QED) is 0.561. The van der Waals surface area contributed by atoms with E-state index in [0.29, 0.717) is 11.3 Å². The monoisotopic (exact) mass is 270 g/mol. The maximum absolute atomic E-state index is 12.1. The molecule has 3 N–H and O–H groups in total. The Morgan fingerprint density at radius 2 is 2.06 bits per heavy atom. The van der Waals surface area contributed by atoms with Crippen LogP contribution < -0.4 is 5.73 Å². The van der Waals surface area contributed by atoms with Crippen molar-refractivity contribution in [1.82, 2.24) is 4.31 Å². The van der Waals surface area contributed by atoms with E-state index < -0.39 is 10.0 Å². The number of nitrogens with two attached hydrogens (primary N) is 1. The standard InChI is InChI=1S/C12H18N2O3S/c1-2-7-14(8-9-15)18(16,17)10-11-5-3-4-6-12(11)13/h2-6,15H,1,7-10,13H2. The van der Waals surface area contributed by atoms with Crippen LogP contribution in [0.25, 0.3) is 0 Å². The topological polar surface area (TPSA) is 83.6 Å². The summed E-state index contributed by atoms with van der Waals surface area (Å²) in [5, 5.41) is 8.88. The summed E-state index contributed by atoms with van der Waals surface area (Å²) in [5.74, 6) is -0.173. The van der Waals surface area contributed by atoms with E-state index in [0.717, 1.165) is 0 Å². The van der Waals surface area contributed by atoms with Crippen LogP contribution in [-0.4, -0.2) is 37.5 Å². The number of hydrogen-bond donors (Lipinski definition) is 2. The first kappa shape index (κ1) is 14.7. The number of sulfonamides is 1. The molecule has 0 bridgehead atoms. The van der Waals surface area contributed by atoms with Crippen molar-refractivity contribution in [3.8, 4) is 0 Å². The van der Waals surface area contributed by atoms with Crippen LogP contribution in [0, 0.1) is 0 Å². The van der Waals surface area contributed by atoms with Crippen molar-refractivity contribution in [1.29, 1.82) is 0 Å². The summed E-state index contributed by atoms with van der Waals surface area (Å²) in [5.41, 5.74) is 6.73. The number of benzene rings is 1. The van der Waals surface area contributed by atoms with E-state index in [1.807, 2.05) is 0 Å². The minimum absolute atomic E-state index is 0.0566. The molecular weight excluding hydrogens is 252 g/mol. The van der Waals surface area contributed by atoms with E-state index in [1.54, 1.807) is 24.3 Å². The lowest BCUT2D eigenvalue weighted by Gasteiger charge is -2.20. The van der Waals surface area contributed by atoms with Gasteiger partial charge in [0.1, 0.15) is 0 Å². The van der Waals surface area contributed by atoms with Crippen molar-refractivity contribution in [2.24, 2.45) is 0 Å². The number of rotatable bonds is 7. The molecule has 0 saturated carbocycles. The molecule has 0 fully saturated rings. The van der Waals surface area contributed by atoms with Gasteiger partial charge in [0, 0.05) is 18.8 Å². The average molecular weight is 270 g/mol. The summed E-state index contributed by atoms with van der Waals surface area (Å²) in [7, 11) is -3.50. The SMILES string of the molecule is C=CCN(CCO)S(=O)(=O)Cc1ccccc1N. The van der Waals surface area contributed by atoms with E-state index in [9.17, 15) is 8.42 Å². The van der Waals surface area contributed by atoms with Gasteiger partial charge in [0.25, 0.3) is 0 Å². The van der Waals surface area contributed by atoms with Crippen molar-refractivity contribution in [3.05, 3.63) is 42.5 Å². The van der Waals surface area contributed by atoms with Crippen LogP contribution in [0.3, 0.4) is 0 Å². The first-order chi connectivity index (χ1) is 8.51. The zero-order valence-corrected chi connectivity index (χ0v) is 10.9. The molecule has 1 rings (SSSR count). The molecule has 6 heteroatoms. The molecule has 0 amide bonds. The van der Waals surface area contributed by atoms with Crippen molar-refractivity contribution in [2.45, 2.75) is 5.75 Å². The van der Waals surface area contributed by atoms with E-state index in [2.05, 4.69) is 6.58 Å². The van der Waals surface area contributed by atoms with Gasteiger partial charge in [-0.25, -0.2) is 8.42 Å². The van der Waals surface area contributed by atoms with Gasteiger partial charge >= 0.3 is 0 Å². The molecule has 0 saturated heterocycles. The fourth-order valence-electron chi connectivity index (χ4n) is 1.55. The molecule has 0 spiro atoms. The largest absolute Gasteiger partial charge is 0.398 e. The van der Waals surface area contributed by atoms with Crippen LogP contribution in [0.5, 0.6) is 0 Å². The third-order valence-electron chi connectivity index (χ3n) is 2.47.